The quantitative estimate of drug-likeness (QED) is 0.455. The van der Waals surface area contributed by atoms with E-state index in [9.17, 15) is 0 Å². The maximum Gasteiger partial charge on any atom is 0.134 e. The summed E-state index contributed by atoms with van der Waals surface area (Å²) in [5.74, 6) is 0.871. The van der Waals surface area contributed by atoms with Crippen molar-refractivity contribution >= 4 is 22.7 Å². The van der Waals surface area contributed by atoms with Crippen molar-refractivity contribution < 1.29 is 4.42 Å². The Kier molecular flexibility index (Phi) is 3.41. The topological polar surface area (TPSA) is 26.0 Å². The molecule has 0 amide bonds. The number of thiophene rings is 2. The molecule has 0 spiro atoms. The molecule has 22 heavy (non-hydrogen) atoms. The summed E-state index contributed by atoms with van der Waals surface area (Å²) < 4.78 is 5.57. The molecule has 2 nitrogen and oxygen atoms in total. The minimum Gasteiger partial charge on any atom is -0.464 e. The molecule has 0 atom stereocenters. The van der Waals surface area contributed by atoms with Gasteiger partial charge in [0.15, 0.2) is 0 Å². The second-order valence-corrected chi connectivity index (χ2v) is 6.88. The Morgan fingerprint density at radius 3 is 2.55 bits per heavy atom. The van der Waals surface area contributed by atoms with Crippen LogP contribution in [0, 0.1) is 6.92 Å². The molecule has 4 heterocycles. The lowest BCUT2D eigenvalue weighted by atomic mass is 10.1. The van der Waals surface area contributed by atoms with Crippen molar-refractivity contribution in [1.82, 2.24) is 4.98 Å². The monoisotopic (exact) mass is 323 g/mol. The molecule has 4 aromatic rings. The average molecular weight is 323 g/mol. The van der Waals surface area contributed by atoms with Crippen molar-refractivity contribution in [2.45, 2.75) is 6.92 Å². The lowest BCUT2D eigenvalue weighted by molar-refractivity contribution is 0.582. The molecule has 4 heteroatoms. The second kappa shape index (κ2) is 5.55. The Morgan fingerprint density at radius 1 is 0.955 bits per heavy atom. The number of hydrogen-bond donors (Lipinski definition) is 0. The van der Waals surface area contributed by atoms with Crippen LogP contribution >= 0.6 is 22.7 Å². The van der Waals surface area contributed by atoms with E-state index in [1.54, 1.807) is 28.9 Å². The third-order valence-corrected chi connectivity index (χ3v) is 5.43. The van der Waals surface area contributed by atoms with E-state index < -0.39 is 0 Å². The number of aromatic nitrogens is 1. The predicted molar refractivity (Wildman–Crippen MR) is 93.3 cm³/mol. The zero-order valence-electron chi connectivity index (χ0n) is 11.9. The summed E-state index contributed by atoms with van der Waals surface area (Å²) in [5.41, 5.74) is 4.31. The van der Waals surface area contributed by atoms with E-state index in [1.807, 2.05) is 12.1 Å². The SMILES string of the molecule is Cc1ccsc1-c1cc(-c2ccco2)cc(-c2cccs2)n1. The number of rotatable bonds is 3. The van der Waals surface area contributed by atoms with Gasteiger partial charge < -0.3 is 4.42 Å². The van der Waals surface area contributed by atoms with Gasteiger partial charge in [-0.1, -0.05) is 6.07 Å². The number of hydrogen-bond acceptors (Lipinski definition) is 4. The zero-order chi connectivity index (χ0) is 14.9. The highest BCUT2D eigenvalue weighted by atomic mass is 32.1. The first-order valence-electron chi connectivity index (χ1n) is 6.95. The van der Waals surface area contributed by atoms with Crippen LogP contribution in [-0.4, -0.2) is 4.98 Å². The van der Waals surface area contributed by atoms with E-state index in [2.05, 4.69) is 48.0 Å². The molecule has 108 valence electrons. The summed E-state index contributed by atoms with van der Waals surface area (Å²) in [4.78, 5) is 7.25. The molecule has 0 aromatic carbocycles. The average Bonchev–Trinajstić information content (AvgIpc) is 3.29. The van der Waals surface area contributed by atoms with Gasteiger partial charge >= 0.3 is 0 Å². The van der Waals surface area contributed by atoms with Gasteiger partial charge in [-0.05, 0) is 59.6 Å². The molecule has 0 bridgehead atoms. The second-order valence-electron chi connectivity index (χ2n) is 5.01. The third kappa shape index (κ3) is 2.40. The number of furan rings is 1. The summed E-state index contributed by atoms with van der Waals surface area (Å²) in [7, 11) is 0. The number of pyridine rings is 1. The van der Waals surface area contributed by atoms with Crippen LogP contribution in [0.5, 0.6) is 0 Å². The molecular formula is C18H13NOS2. The molecule has 4 rings (SSSR count). The highest BCUT2D eigenvalue weighted by Crippen LogP contribution is 2.35. The van der Waals surface area contributed by atoms with Crippen LogP contribution in [0.25, 0.3) is 32.5 Å². The van der Waals surface area contributed by atoms with Crippen molar-refractivity contribution in [3.8, 4) is 32.5 Å². The molecule has 0 saturated carbocycles. The predicted octanol–water partition coefficient (Wildman–Crippen LogP) is 6.11. The normalized spacial score (nSPS) is 11.0. The summed E-state index contributed by atoms with van der Waals surface area (Å²) in [6.45, 7) is 2.12. The van der Waals surface area contributed by atoms with Gasteiger partial charge in [0.1, 0.15) is 5.76 Å². The third-order valence-electron chi connectivity index (χ3n) is 3.50. The highest BCUT2D eigenvalue weighted by Gasteiger charge is 2.12. The van der Waals surface area contributed by atoms with Crippen molar-refractivity contribution in [1.29, 1.82) is 0 Å². The van der Waals surface area contributed by atoms with Crippen molar-refractivity contribution in [2.24, 2.45) is 0 Å². The lowest BCUT2D eigenvalue weighted by Gasteiger charge is -2.07. The molecule has 0 unspecified atom stereocenters. The van der Waals surface area contributed by atoms with E-state index >= 15 is 0 Å². The summed E-state index contributed by atoms with van der Waals surface area (Å²) >= 11 is 3.43. The standard InChI is InChI=1S/C18H13NOS2/c1-12-6-9-22-18(12)15-11-13(16-4-2-7-20-16)10-14(19-15)17-5-3-8-21-17/h2-11H,1H3. The molecule has 0 fully saturated rings. The molecule has 0 N–H and O–H groups in total. The molecule has 0 saturated heterocycles. The first kappa shape index (κ1) is 13.5. The highest BCUT2D eigenvalue weighted by molar-refractivity contribution is 7.14. The molecule has 4 aromatic heterocycles. The zero-order valence-corrected chi connectivity index (χ0v) is 13.6. The van der Waals surface area contributed by atoms with Gasteiger partial charge in [-0.3, -0.25) is 0 Å². The fourth-order valence-corrected chi connectivity index (χ4v) is 3.99. The first-order chi connectivity index (χ1) is 10.8. The van der Waals surface area contributed by atoms with Crippen molar-refractivity contribution in [3.63, 3.8) is 0 Å². The van der Waals surface area contributed by atoms with Gasteiger partial charge in [0, 0.05) is 5.56 Å². The fraction of sp³-hybridized carbons (Fsp3) is 0.0556. The Balaban J connectivity index is 1.93. The molecule has 0 aliphatic heterocycles. The summed E-state index contributed by atoms with van der Waals surface area (Å²) in [5, 5.41) is 4.18. The van der Waals surface area contributed by atoms with E-state index in [0.717, 1.165) is 22.7 Å². The van der Waals surface area contributed by atoms with Crippen LogP contribution in [0.15, 0.2) is 63.9 Å². The van der Waals surface area contributed by atoms with Crippen molar-refractivity contribution in [3.05, 3.63) is 65.1 Å². The lowest BCUT2D eigenvalue weighted by Crippen LogP contribution is -1.88. The fourth-order valence-electron chi connectivity index (χ4n) is 2.42. The molecule has 0 aliphatic rings. The Labute approximate surface area is 136 Å². The van der Waals surface area contributed by atoms with E-state index in [4.69, 9.17) is 9.40 Å². The maximum absolute atomic E-state index is 5.57. The van der Waals surface area contributed by atoms with Gasteiger partial charge in [-0.2, -0.15) is 0 Å². The largest absolute Gasteiger partial charge is 0.464 e. The molecule has 0 radical (unpaired) electrons. The minimum absolute atomic E-state index is 0.871. The van der Waals surface area contributed by atoms with E-state index in [0.29, 0.717) is 0 Å². The van der Waals surface area contributed by atoms with Gasteiger partial charge in [-0.25, -0.2) is 4.98 Å². The summed E-state index contributed by atoms with van der Waals surface area (Å²) in [6, 6.07) is 14.4. The van der Waals surface area contributed by atoms with Crippen LogP contribution in [0.4, 0.5) is 0 Å². The van der Waals surface area contributed by atoms with Crippen molar-refractivity contribution in [2.75, 3.05) is 0 Å². The van der Waals surface area contributed by atoms with Crippen LogP contribution in [0.2, 0.25) is 0 Å². The van der Waals surface area contributed by atoms with Crippen LogP contribution in [0.1, 0.15) is 5.56 Å². The van der Waals surface area contributed by atoms with Gasteiger partial charge in [0.25, 0.3) is 0 Å². The minimum atomic E-state index is 0.871. The van der Waals surface area contributed by atoms with E-state index in [1.165, 1.54) is 15.3 Å². The van der Waals surface area contributed by atoms with Gasteiger partial charge in [-0.15, -0.1) is 22.7 Å². The maximum atomic E-state index is 5.57. The van der Waals surface area contributed by atoms with Crippen LogP contribution < -0.4 is 0 Å². The Bertz CT molecular complexity index is 837. The molecule has 0 aliphatic carbocycles. The van der Waals surface area contributed by atoms with Gasteiger partial charge in [0.05, 0.1) is 27.4 Å². The smallest absolute Gasteiger partial charge is 0.134 e. The Morgan fingerprint density at radius 2 is 1.86 bits per heavy atom. The first-order valence-corrected chi connectivity index (χ1v) is 8.71. The van der Waals surface area contributed by atoms with Crippen LogP contribution in [-0.2, 0) is 0 Å². The number of aryl methyl sites for hydroxylation is 1. The van der Waals surface area contributed by atoms with E-state index in [-0.39, 0.29) is 0 Å². The Hall–Kier alpha value is -2.17. The number of nitrogens with zero attached hydrogens (tertiary/aromatic N) is 1. The summed E-state index contributed by atoms with van der Waals surface area (Å²) in [6.07, 6.45) is 1.71. The van der Waals surface area contributed by atoms with Gasteiger partial charge in [0.2, 0.25) is 0 Å². The molecular weight excluding hydrogens is 310 g/mol. The van der Waals surface area contributed by atoms with Crippen LogP contribution in [0.3, 0.4) is 0 Å².